The van der Waals surface area contributed by atoms with Gasteiger partial charge in [-0.3, -0.25) is 9.97 Å². The van der Waals surface area contributed by atoms with Gasteiger partial charge in [0.2, 0.25) is 0 Å². The summed E-state index contributed by atoms with van der Waals surface area (Å²) < 4.78 is 0. The minimum atomic E-state index is 0.628. The maximum absolute atomic E-state index is 4.28. The van der Waals surface area contributed by atoms with Gasteiger partial charge in [-0.15, -0.1) is 0 Å². The summed E-state index contributed by atoms with van der Waals surface area (Å²) in [7, 11) is 0. The van der Waals surface area contributed by atoms with E-state index in [0.717, 1.165) is 6.42 Å². The van der Waals surface area contributed by atoms with Crippen LogP contribution < -0.4 is 0 Å². The Morgan fingerprint density at radius 2 is 1.44 bits per heavy atom. The lowest BCUT2D eigenvalue weighted by Crippen LogP contribution is -1.92. The molecule has 0 spiro atoms. The van der Waals surface area contributed by atoms with Crippen LogP contribution in [0.25, 0.3) is 0 Å². The van der Waals surface area contributed by atoms with Crippen LogP contribution in [0.2, 0.25) is 0 Å². The molecule has 0 aliphatic heterocycles. The molecule has 2 heteroatoms. The summed E-state index contributed by atoms with van der Waals surface area (Å²) in [6.45, 7) is 14.2. The second kappa shape index (κ2) is 12.2. The number of rotatable bonds is 0. The first-order valence-electron chi connectivity index (χ1n) is 6.67. The first-order valence-corrected chi connectivity index (χ1v) is 6.67. The second-order valence-corrected chi connectivity index (χ2v) is 2.83. The molecule has 2 nitrogen and oxygen atoms in total. The highest BCUT2D eigenvalue weighted by atomic mass is 14.8. The summed E-state index contributed by atoms with van der Waals surface area (Å²) >= 11 is 0. The van der Waals surface area contributed by atoms with Crippen molar-refractivity contribution in [1.29, 1.82) is 0 Å². The molecule has 2 rings (SSSR count). The first kappa shape index (κ1) is 17.5. The van der Waals surface area contributed by atoms with Gasteiger partial charge in [0.1, 0.15) is 0 Å². The lowest BCUT2D eigenvalue weighted by molar-refractivity contribution is 0.731. The van der Waals surface area contributed by atoms with Gasteiger partial charge < -0.3 is 0 Å². The smallest absolute Gasteiger partial charge is 0.0646 e. The van der Waals surface area contributed by atoms with Crippen LogP contribution in [0.3, 0.4) is 0 Å². The van der Waals surface area contributed by atoms with Crippen LogP contribution in [-0.2, 0) is 6.42 Å². The number of aromatic nitrogens is 2. The quantitative estimate of drug-likeness (QED) is 0.643. The summed E-state index contributed by atoms with van der Waals surface area (Å²) in [6.07, 6.45) is 5.89. The number of aryl methyl sites for hydroxylation is 1. The summed E-state index contributed by atoms with van der Waals surface area (Å²) in [5, 5.41) is 0. The molecule has 0 N–H and O–H groups in total. The lowest BCUT2D eigenvalue weighted by atomic mass is 10.1. The molecule has 1 atom stereocenters. The molecule has 0 bridgehead atoms. The fraction of sp³-hybridized carbons (Fsp3) is 0.714. The number of hydrogen-bond acceptors (Lipinski definition) is 2. The molecule has 1 aliphatic carbocycles. The zero-order valence-corrected chi connectivity index (χ0v) is 12.0. The predicted octanol–water partition coefficient (Wildman–Crippen LogP) is 4.60. The predicted molar refractivity (Wildman–Crippen MR) is 72.8 cm³/mol. The normalized spacial score (nSPS) is 15.3. The SMILES string of the molecule is CC.CC.CC.CC1CCc2nccnc21. The van der Waals surface area contributed by atoms with Gasteiger partial charge in [0.25, 0.3) is 0 Å². The topological polar surface area (TPSA) is 25.8 Å². The molecule has 1 aromatic rings. The van der Waals surface area contributed by atoms with E-state index in [4.69, 9.17) is 0 Å². The molecule has 0 saturated heterocycles. The molecule has 0 fully saturated rings. The first-order chi connectivity index (χ1) is 7.88. The van der Waals surface area contributed by atoms with Crippen LogP contribution in [0.15, 0.2) is 12.4 Å². The Hall–Kier alpha value is -0.920. The highest BCUT2D eigenvalue weighted by molar-refractivity contribution is 5.20. The second-order valence-electron chi connectivity index (χ2n) is 2.83. The molecule has 0 radical (unpaired) electrons. The highest BCUT2D eigenvalue weighted by Crippen LogP contribution is 2.28. The van der Waals surface area contributed by atoms with Gasteiger partial charge in [-0.1, -0.05) is 48.5 Å². The van der Waals surface area contributed by atoms with E-state index in [1.54, 1.807) is 12.4 Å². The fourth-order valence-electron chi connectivity index (χ4n) is 1.47. The van der Waals surface area contributed by atoms with Crippen molar-refractivity contribution in [2.45, 2.75) is 67.2 Å². The summed E-state index contributed by atoms with van der Waals surface area (Å²) in [5.74, 6) is 0.628. The largest absolute Gasteiger partial charge is 0.258 e. The number of hydrogen-bond donors (Lipinski definition) is 0. The Morgan fingerprint density at radius 1 is 0.938 bits per heavy atom. The Kier molecular flexibility index (Phi) is 13.3. The number of fused-ring (bicyclic) bond motifs is 1. The summed E-state index contributed by atoms with van der Waals surface area (Å²) in [4.78, 5) is 8.52. The van der Waals surface area contributed by atoms with Gasteiger partial charge >= 0.3 is 0 Å². The Bertz CT molecular complexity index is 246. The molecule has 1 unspecified atom stereocenters. The van der Waals surface area contributed by atoms with Gasteiger partial charge in [-0.05, 0) is 12.8 Å². The zero-order chi connectivity index (χ0) is 13.0. The fourth-order valence-corrected chi connectivity index (χ4v) is 1.47. The minimum Gasteiger partial charge on any atom is -0.258 e. The van der Waals surface area contributed by atoms with Gasteiger partial charge in [-0.25, -0.2) is 0 Å². The van der Waals surface area contributed by atoms with Crippen molar-refractivity contribution >= 4 is 0 Å². The van der Waals surface area contributed by atoms with E-state index in [1.807, 2.05) is 41.5 Å². The maximum atomic E-state index is 4.28. The van der Waals surface area contributed by atoms with Gasteiger partial charge in [0.05, 0.1) is 11.4 Å². The minimum absolute atomic E-state index is 0.628. The van der Waals surface area contributed by atoms with Crippen LogP contribution in [0.1, 0.15) is 72.2 Å². The summed E-state index contributed by atoms with van der Waals surface area (Å²) in [5.41, 5.74) is 2.41. The highest BCUT2D eigenvalue weighted by Gasteiger charge is 2.19. The van der Waals surface area contributed by atoms with Crippen molar-refractivity contribution in [3.63, 3.8) is 0 Å². The number of nitrogens with zero attached hydrogens (tertiary/aromatic N) is 2. The lowest BCUT2D eigenvalue weighted by Gasteiger charge is -1.99. The third-order valence-corrected chi connectivity index (χ3v) is 2.09. The van der Waals surface area contributed by atoms with Gasteiger partial charge in [0.15, 0.2) is 0 Å². The van der Waals surface area contributed by atoms with Crippen molar-refractivity contribution in [2.75, 3.05) is 0 Å². The van der Waals surface area contributed by atoms with Crippen molar-refractivity contribution < 1.29 is 0 Å². The molecule has 0 amide bonds. The van der Waals surface area contributed by atoms with Crippen molar-refractivity contribution in [3.8, 4) is 0 Å². The Morgan fingerprint density at radius 3 is 1.94 bits per heavy atom. The standard InChI is InChI=1S/C8H10N2.3C2H6/c1-6-2-3-7-8(6)10-5-4-9-7;3*1-2/h4-6H,2-3H2,1H3;3*1-2H3. The van der Waals surface area contributed by atoms with Crippen molar-refractivity contribution in [2.24, 2.45) is 0 Å². The third kappa shape index (κ3) is 5.24. The van der Waals surface area contributed by atoms with E-state index in [2.05, 4.69) is 16.9 Å². The molecule has 0 saturated carbocycles. The molecule has 16 heavy (non-hydrogen) atoms. The van der Waals surface area contributed by atoms with Crippen LogP contribution >= 0.6 is 0 Å². The van der Waals surface area contributed by atoms with Crippen LogP contribution in [0, 0.1) is 0 Å². The van der Waals surface area contributed by atoms with Gasteiger partial charge in [0, 0.05) is 18.3 Å². The molecule has 94 valence electrons. The zero-order valence-electron chi connectivity index (χ0n) is 12.0. The summed E-state index contributed by atoms with van der Waals surface area (Å²) in [6, 6.07) is 0. The average molecular weight is 224 g/mol. The van der Waals surface area contributed by atoms with E-state index in [9.17, 15) is 0 Å². The monoisotopic (exact) mass is 224 g/mol. The van der Waals surface area contributed by atoms with E-state index in [-0.39, 0.29) is 0 Å². The Balaban J connectivity index is 0. The van der Waals surface area contributed by atoms with E-state index in [0.29, 0.717) is 5.92 Å². The van der Waals surface area contributed by atoms with Crippen LogP contribution in [0.5, 0.6) is 0 Å². The molecule has 1 aliphatic rings. The van der Waals surface area contributed by atoms with Crippen molar-refractivity contribution in [1.82, 2.24) is 9.97 Å². The molecule has 0 aromatic carbocycles. The van der Waals surface area contributed by atoms with Gasteiger partial charge in [-0.2, -0.15) is 0 Å². The third-order valence-electron chi connectivity index (χ3n) is 2.09. The van der Waals surface area contributed by atoms with E-state index < -0.39 is 0 Å². The van der Waals surface area contributed by atoms with Crippen LogP contribution in [-0.4, -0.2) is 9.97 Å². The Labute approximate surface area is 102 Å². The molecular weight excluding hydrogens is 196 g/mol. The van der Waals surface area contributed by atoms with Crippen LogP contribution in [0.4, 0.5) is 0 Å². The van der Waals surface area contributed by atoms with Crippen molar-refractivity contribution in [3.05, 3.63) is 23.8 Å². The van der Waals surface area contributed by atoms with E-state index >= 15 is 0 Å². The molecule has 1 aromatic heterocycles. The maximum Gasteiger partial charge on any atom is 0.0646 e. The average Bonchev–Trinajstić information content (AvgIpc) is 2.79. The molecular formula is C14H28N2. The molecule has 1 heterocycles. The van der Waals surface area contributed by atoms with E-state index in [1.165, 1.54) is 17.8 Å².